The Morgan fingerprint density at radius 2 is 1.94 bits per heavy atom. The number of aliphatic hydroxyl groups excluding tert-OH is 1. The zero-order chi connectivity index (χ0) is 12.8. The fraction of sp³-hybridized carbons (Fsp3) is 0.571. The summed E-state index contributed by atoms with van der Waals surface area (Å²) in [5.74, 6) is 0.632. The molecule has 1 aromatic carbocycles. The molecule has 0 radical (unpaired) electrons. The Bertz CT molecular complexity index is 455. The minimum atomic E-state index is -0.219. The molecule has 0 bridgehead atoms. The molecule has 2 saturated carbocycles. The lowest BCUT2D eigenvalue weighted by Crippen LogP contribution is -2.58. The van der Waals surface area contributed by atoms with Crippen LogP contribution in [0.4, 0.5) is 0 Å². The summed E-state index contributed by atoms with van der Waals surface area (Å²) in [6.07, 6.45) is 5.02. The van der Waals surface area contributed by atoms with Crippen LogP contribution in [-0.2, 0) is 0 Å². The molecule has 2 atom stereocenters. The van der Waals surface area contributed by atoms with Gasteiger partial charge >= 0.3 is 0 Å². The zero-order valence-electron chi connectivity index (χ0n) is 10.0. The highest BCUT2D eigenvalue weighted by Gasteiger charge is 2.57. The van der Waals surface area contributed by atoms with Crippen LogP contribution in [0.15, 0.2) is 18.2 Å². The molecule has 98 valence electrons. The van der Waals surface area contributed by atoms with Crippen LogP contribution in [0.1, 0.15) is 32.1 Å². The number of aliphatic hydroxyl groups is 1. The van der Waals surface area contributed by atoms with Crippen molar-refractivity contribution in [3.05, 3.63) is 28.2 Å². The molecule has 0 aliphatic heterocycles. The van der Waals surface area contributed by atoms with Crippen LogP contribution in [0.25, 0.3) is 0 Å². The summed E-state index contributed by atoms with van der Waals surface area (Å²) < 4.78 is 5.99. The quantitative estimate of drug-likeness (QED) is 0.888. The van der Waals surface area contributed by atoms with Crippen LogP contribution >= 0.6 is 23.2 Å². The maximum atomic E-state index is 10.0. The fourth-order valence-electron chi connectivity index (χ4n) is 3.31. The van der Waals surface area contributed by atoms with E-state index in [2.05, 4.69) is 0 Å². The molecule has 18 heavy (non-hydrogen) atoms. The molecular weight excluding hydrogens is 271 g/mol. The number of rotatable bonds is 2. The molecule has 0 heterocycles. The van der Waals surface area contributed by atoms with Crippen molar-refractivity contribution in [1.29, 1.82) is 0 Å². The third-order valence-corrected chi connectivity index (χ3v) is 5.26. The van der Waals surface area contributed by atoms with Gasteiger partial charge in [0.2, 0.25) is 0 Å². The summed E-state index contributed by atoms with van der Waals surface area (Å²) in [7, 11) is 0. The summed E-state index contributed by atoms with van der Waals surface area (Å²) in [4.78, 5) is 0. The van der Waals surface area contributed by atoms with E-state index in [1.165, 1.54) is 12.8 Å². The smallest absolute Gasteiger partial charge is 0.139 e. The maximum Gasteiger partial charge on any atom is 0.139 e. The first-order valence-corrected chi connectivity index (χ1v) is 7.18. The molecule has 0 amide bonds. The highest BCUT2D eigenvalue weighted by molar-refractivity contribution is 6.42. The Balaban J connectivity index is 1.79. The molecular formula is C14H16Cl2O2. The van der Waals surface area contributed by atoms with Crippen LogP contribution in [0.2, 0.25) is 10.0 Å². The fourth-order valence-corrected chi connectivity index (χ4v) is 3.64. The largest absolute Gasteiger partial charge is 0.488 e. The first kappa shape index (κ1) is 12.6. The van der Waals surface area contributed by atoms with E-state index < -0.39 is 0 Å². The van der Waals surface area contributed by atoms with Gasteiger partial charge in [-0.15, -0.1) is 0 Å². The van der Waals surface area contributed by atoms with Crippen molar-refractivity contribution < 1.29 is 9.84 Å². The summed E-state index contributed by atoms with van der Waals surface area (Å²) in [6, 6.07) is 5.42. The van der Waals surface area contributed by atoms with Crippen LogP contribution in [0.5, 0.6) is 5.75 Å². The molecule has 0 saturated heterocycles. The third-order valence-electron chi connectivity index (χ3n) is 4.46. The van der Waals surface area contributed by atoms with Crippen molar-refractivity contribution in [2.45, 2.75) is 44.3 Å². The van der Waals surface area contributed by atoms with Gasteiger partial charge in [0, 0.05) is 11.8 Å². The van der Waals surface area contributed by atoms with Gasteiger partial charge in [0.05, 0.1) is 11.1 Å². The SMILES string of the molecule is OC1CC(Oc2cccc(Cl)c2Cl)C12CCCC2. The Labute approximate surface area is 117 Å². The molecule has 1 N–H and O–H groups in total. The van der Waals surface area contributed by atoms with E-state index >= 15 is 0 Å². The van der Waals surface area contributed by atoms with Gasteiger partial charge in [0.1, 0.15) is 16.9 Å². The van der Waals surface area contributed by atoms with Gasteiger partial charge < -0.3 is 9.84 Å². The maximum absolute atomic E-state index is 10.0. The number of benzene rings is 1. The molecule has 4 heteroatoms. The van der Waals surface area contributed by atoms with Crippen molar-refractivity contribution in [2.75, 3.05) is 0 Å². The summed E-state index contributed by atoms with van der Waals surface area (Å²) in [5.41, 5.74) is -0.0361. The average Bonchev–Trinajstić information content (AvgIpc) is 2.86. The van der Waals surface area contributed by atoms with Crippen LogP contribution in [0.3, 0.4) is 0 Å². The Kier molecular flexibility index (Phi) is 3.21. The van der Waals surface area contributed by atoms with Crippen molar-refractivity contribution in [1.82, 2.24) is 0 Å². The molecule has 0 aromatic heterocycles. The lowest BCUT2D eigenvalue weighted by molar-refractivity contribution is -0.151. The molecule has 2 nitrogen and oxygen atoms in total. The van der Waals surface area contributed by atoms with Gasteiger partial charge in [-0.1, -0.05) is 42.1 Å². The van der Waals surface area contributed by atoms with Gasteiger partial charge in [-0.25, -0.2) is 0 Å². The topological polar surface area (TPSA) is 29.5 Å². The predicted octanol–water partition coefficient (Wildman–Crippen LogP) is 4.07. The average molecular weight is 287 g/mol. The standard InChI is InChI=1S/C14H16Cl2O2/c15-9-4-3-5-10(13(9)16)18-12-8-11(17)14(12)6-1-2-7-14/h3-5,11-12,17H,1-2,6-8H2. The lowest BCUT2D eigenvalue weighted by atomic mass is 9.62. The van der Waals surface area contributed by atoms with E-state index in [-0.39, 0.29) is 17.6 Å². The van der Waals surface area contributed by atoms with Gasteiger partial charge in [-0.05, 0) is 25.0 Å². The third kappa shape index (κ3) is 1.82. The minimum Gasteiger partial charge on any atom is -0.488 e. The molecule has 3 rings (SSSR count). The predicted molar refractivity (Wildman–Crippen MR) is 72.4 cm³/mol. The van der Waals surface area contributed by atoms with E-state index in [0.717, 1.165) is 12.8 Å². The summed E-state index contributed by atoms with van der Waals surface area (Å²) >= 11 is 12.1. The lowest BCUT2D eigenvalue weighted by Gasteiger charge is -2.51. The van der Waals surface area contributed by atoms with Gasteiger partial charge in [0.25, 0.3) is 0 Å². The van der Waals surface area contributed by atoms with E-state index in [9.17, 15) is 5.11 Å². The molecule has 2 unspecified atom stereocenters. The Morgan fingerprint density at radius 3 is 2.61 bits per heavy atom. The van der Waals surface area contributed by atoms with Gasteiger partial charge in [-0.2, -0.15) is 0 Å². The first-order chi connectivity index (χ1) is 8.63. The molecule has 2 fully saturated rings. The number of halogens is 2. The van der Waals surface area contributed by atoms with Gasteiger partial charge in [0.15, 0.2) is 0 Å². The second-order valence-corrected chi connectivity index (χ2v) is 6.14. The van der Waals surface area contributed by atoms with Crippen LogP contribution < -0.4 is 4.74 Å². The van der Waals surface area contributed by atoms with E-state index in [1.54, 1.807) is 6.07 Å². The minimum absolute atomic E-state index is 0.0361. The second-order valence-electron chi connectivity index (χ2n) is 5.35. The number of ether oxygens (including phenoxy) is 1. The van der Waals surface area contributed by atoms with Crippen molar-refractivity contribution in [3.63, 3.8) is 0 Å². The first-order valence-electron chi connectivity index (χ1n) is 6.42. The van der Waals surface area contributed by atoms with Crippen LogP contribution in [0, 0.1) is 5.41 Å². The number of hydrogen-bond donors (Lipinski definition) is 1. The summed E-state index contributed by atoms with van der Waals surface area (Å²) in [5, 5.41) is 11.0. The van der Waals surface area contributed by atoms with Crippen molar-refractivity contribution >= 4 is 23.2 Å². The monoisotopic (exact) mass is 286 g/mol. The zero-order valence-corrected chi connectivity index (χ0v) is 11.5. The van der Waals surface area contributed by atoms with Crippen molar-refractivity contribution in [3.8, 4) is 5.75 Å². The number of hydrogen-bond acceptors (Lipinski definition) is 2. The normalized spacial score (nSPS) is 29.3. The van der Waals surface area contributed by atoms with E-state index in [4.69, 9.17) is 27.9 Å². The second kappa shape index (κ2) is 4.59. The van der Waals surface area contributed by atoms with Crippen molar-refractivity contribution in [2.24, 2.45) is 5.41 Å². The molecule has 2 aliphatic carbocycles. The molecule has 1 aromatic rings. The van der Waals surface area contributed by atoms with Gasteiger partial charge in [-0.3, -0.25) is 0 Å². The highest BCUT2D eigenvalue weighted by atomic mass is 35.5. The molecule has 1 spiro atoms. The van der Waals surface area contributed by atoms with Crippen LogP contribution in [-0.4, -0.2) is 17.3 Å². The van der Waals surface area contributed by atoms with E-state index in [0.29, 0.717) is 22.2 Å². The van der Waals surface area contributed by atoms with E-state index in [1.807, 2.05) is 12.1 Å². The summed E-state index contributed by atoms with van der Waals surface area (Å²) in [6.45, 7) is 0. The molecule has 2 aliphatic rings. The Hall–Kier alpha value is -0.440. The highest BCUT2D eigenvalue weighted by Crippen LogP contribution is 2.55. The Morgan fingerprint density at radius 1 is 1.22 bits per heavy atom.